The highest BCUT2D eigenvalue weighted by atomic mass is 19.1. The molecule has 0 saturated carbocycles. The van der Waals surface area contributed by atoms with Crippen molar-refractivity contribution in [1.29, 1.82) is 0 Å². The fourth-order valence-electron chi connectivity index (χ4n) is 4.20. The average Bonchev–Trinajstić information content (AvgIpc) is 3.03. The van der Waals surface area contributed by atoms with Crippen LogP contribution in [0, 0.1) is 11.7 Å². The minimum absolute atomic E-state index is 0.0601. The summed E-state index contributed by atoms with van der Waals surface area (Å²) in [4.78, 5) is 10.8. The molecule has 3 heterocycles. The van der Waals surface area contributed by atoms with E-state index < -0.39 is 0 Å². The molecule has 1 aromatic carbocycles. The van der Waals surface area contributed by atoms with Gasteiger partial charge in [-0.3, -0.25) is 4.90 Å². The maximum absolute atomic E-state index is 13.4. The van der Waals surface area contributed by atoms with Crippen LogP contribution in [0.4, 0.5) is 10.3 Å². The van der Waals surface area contributed by atoms with Crippen LogP contribution in [0.25, 0.3) is 0 Å². The molecule has 4 rings (SSSR count). The lowest BCUT2D eigenvalue weighted by molar-refractivity contribution is -0.0535. The lowest BCUT2D eigenvalue weighted by atomic mass is 9.86. The van der Waals surface area contributed by atoms with Crippen LogP contribution >= 0.6 is 0 Å². The molecule has 138 valence electrons. The first-order valence-corrected chi connectivity index (χ1v) is 9.32. The van der Waals surface area contributed by atoms with Gasteiger partial charge in [0, 0.05) is 37.9 Å². The van der Waals surface area contributed by atoms with E-state index in [0.717, 1.165) is 57.6 Å². The van der Waals surface area contributed by atoms with Crippen molar-refractivity contribution >= 4 is 5.95 Å². The number of piperidine rings is 1. The molecule has 26 heavy (non-hydrogen) atoms. The predicted molar refractivity (Wildman–Crippen MR) is 98.2 cm³/mol. The van der Waals surface area contributed by atoms with Crippen molar-refractivity contribution in [3.05, 3.63) is 54.1 Å². The quantitative estimate of drug-likeness (QED) is 0.892. The Bertz CT molecular complexity index is 729. The van der Waals surface area contributed by atoms with Crippen molar-refractivity contribution in [2.45, 2.75) is 31.4 Å². The van der Waals surface area contributed by atoms with E-state index in [9.17, 15) is 4.39 Å². The maximum atomic E-state index is 13.4. The Morgan fingerprint density at radius 1 is 1.27 bits per heavy atom. The molecule has 0 amide bonds. The first-order valence-electron chi connectivity index (χ1n) is 9.32. The lowest BCUT2D eigenvalue weighted by Gasteiger charge is -2.40. The van der Waals surface area contributed by atoms with Gasteiger partial charge in [0.1, 0.15) is 5.82 Å². The SMILES string of the molecule is Fc1cccc(CN2CCC[C@]3(C[C@H](CNc4ncccn4)CO3)C2)c1. The van der Waals surface area contributed by atoms with Crippen LogP contribution in [0.15, 0.2) is 42.7 Å². The number of rotatable bonds is 5. The van der Waals surface area contributed by atoms with E-state index in [0.29, 0.717) is 11.9 Å². The van der Waals surface area contributed by atoms with Crippen LogP contribution in [0.3, 0.4) is 0 Å². The Kier molecular flexibility index (Phi) is 5.13. The third-order valence-corrected chi connectivity index (χ3v) is 5.31. The van der Waals surface area contributed by atoms with E-state index in [1.807, 2.05) is 12.1 Å². The van der Waals surface area contributed by atoms with Crippen molar-refractivity contribution in [2.24, 2.45) is 5.92 Å². The second-order valence-corrected chi connectivity index (χ2v) is 7.46. The molecule has 1 N–H and O–H groups in total. The third-order valence-electron chi connectivity index (χ3n) is 5.31. The summed E-state index contributed by atoms with van der Waals surface area (Å²) < 4.78 is 19.7. The number of hydrogen-bond donors (Lipinski definition) is 1. The second-order valence-electron chi connectivity index (χ2n) is 7.46. The summed E-state index contributed by atoms with van der Waals surface area (Å²) in [5.74, 6) is 0.971. The number of halogens is 1. The molecule has 2 aliphatic rings. The van der Waals surface area contributed by atoms with E-state index in [-0.39, 0.29) is 11.4 Å². The smallest absolute Gasteiger partial charge is 0.222 e. The summed E-state index contributed by atoms with van der Waals surface area (Å²) in [6.45, 7) is 4.34. The molecule has 1 spiro atoms. The zero-order chi connectivity index (χ0) is 17.8. The highest BCUT2D eigenvalue weighted by Gasteiger charge is 2.43. The van der Waals surface area contributed by atoms with Crippen LogP contribution in [0.5, 0.6) is 0 Å². The van der Waals surface area contributed by atoms with Gasteiger partial charge in [0.15, 0.2) is 0 Å². The molecule has 5 nitrogen and oxygen atoms in total. The Hall–Kier alpha value is -2.05. The maximum Gasteiger partial charge on any atom is 0.222 e. The van der Waals surface area contributed by atoms with E-state index >= 15 is 0 Å². The number of nitrogens with one attached hydrogen (secondary N) is 1. The Labute approximate surface area is 153 Å². The summed E-state index contributed by atoms with van der Waals surface area (Å²) in [6.07, 6.45) is 6.76. The number of nitrogens with zero attached hydrogens (tertiary/aromatic N) is 3. The molecule has 1 aromatic heterocycles. The van der Waals surface area contributed by atoms with Gasteiger partial charge in [-0.05, 0) is 49.6 Å². The molecule has 0 unspecified atom stereocenters. The molecule has 2 aliphatic heterocycles. The zero-order valence-electron chi connectivity index (χ0n) is 14.9. The van der Waals surface area contributed by atoms with Crippen LogP contribution in [0.2, 0.25) is 0 Å². The van der Waals surface area contributed by atoms with Crippen LogP contribution in [0.1, 0.15) is 24.8 Å². The van der Waals surface area contributed by atoms with Gasteiger partial charge >= 0.3 is 0 Å². The van der Waals surface area contributed by atoms with Crippen LogP contribution in [-0.4, -0.2) is 46.7 Å². The summed E-state index contributed by atoms with van der Waals surface area (Å²) in [5.41, 5.74) is 0.967. The molecule has 2 saturated heterocycles. The summed E-state index contributed by atoms with van der Waals surface area (Å²) in [5, 5.41) is 3.31. The number of hydrogen-bond acceptors (Lipinski definition) is 5. The number of likely N-dealkylation sites (tertiary alicyclic amines) is 1. The molecule has 2 fully saturated rings. The van der Waals surface area contributed by atoms with Crippen LogP contribution < -0.4 is 5.32 Å². The molecule has 0 bridgehead atoms. The number of ether oxygens (including phenoxy) is 1. The monoisotopic (exact) mass is 356 g/mol. The first kappa shape index (κ1) is 17.4. The summed E-state index contributed by atoms with van der Waals surface area (Å²) in [7, 11) is 0. The molecule has 0 radical (unpaired) electrons. The Balaban J connectivity index is 1.32. The fourth-order valence-corrected chi connectivity index (χ4v) is 4.20. The van der Waals surface area contributed by atoms with Crippen molar-refractivity contribution < 1.29 is 9.13 Å². The van der Waals surface area contributed by atoms with E-state index in [2.05, 4.69) is 20.2 Å². The van der Waals surface area contributed by atoms with Crippen molar-refractivity contribution in [3.8, 4) is 0 Å². The van der Waals surface area contributed by atoms with Crippen molar-refractivity contribution in [2.75, 3.05) is 31.6 Å². The van der Waals surface area contributed by atoms with Gasteiger partial charge in [-0.15, -0.1) is 0 Å². The molecular weight excluding hydrogens is 331 g/mol. The van der Waals surface area contributed by atoms with Gasteiger partial charge in [-0.2, -0.15) is 0 Å². The lowest BCUT2D eigenvalue weighted by Crippen LogP contribution is -2.47. The van der Waals surface area contributed by atoms with Crippen molar-refractivity contribution in [1.82, 2.24) is 14.9 Å². The predicted octanol–water partition coefficient (Wildman–Crippen LogP) is 3.10. The molecular formula is C20H25FN4O. The van der Waals surface area contributed by atoms with Crippen molar-refractivity contribution in [3.63, 3.8) is 0 Å². The van der Waals surface area contributed by atoms with Gasteiger partial charge in [0.05, 0.1) is 12.2 Å². The number of aromatic nitrogens is 2. The summed E-state index contributed by atoms with van der Waals surface area (Å²) >= 11 is 0. The van der Waals surface area contributed by atoms with E-state index in [1.165, 1.54) is 6.07 Å². The van der Waals surface area contributed by atoms with Gasteiger partial charge in [0.2, 0.25) is 5.95 Å². The van der Waals surface area contributed by atoms with Gasteiger partial charge in [0.25, 0.3) is 0 Å². The van der Waals surface area contributed by atoms with Gasteiger partial charge in [-0.1, -0.05) is 12.1 Å². The topological polar surface area (TPSA) is 50.3 Å². The molecule has 0 aliphatic carbocycles. The number of benzene rings is 1. The third kappa shape index (κ3) is 4.19. The van der Waals surface area contributed by atoms with E-state index in [1.54, 1.807) is 24.5 Å². The highest BCUT2D eigenvalue weighted by Crippen LogP contribution is 2.37. The first-order chi connectivity index (χ1) is 12.7. The van der Waals surface area contributed by atoms with Gasteiger partial charge < -0.3 is 10.1 Å². The second kappa shape index (κ2) is 7.68. The van der Waals surface area contributed by atoms with Gasteiger partial charge in [-0.25, -0.2) is 14.4 Å². The average molecular weight is 356 g/mol. The largest absolute Gasteiger partial charge is 0.373 e. The molecule has 6 heteroatoms. The molecule has 2 atom stereocenters. The fraction of sp³-hybridized carbons (Fsp3) is 0.500. The number of anilines is 1. The zero-order valence-corrected chi connectivity index (χ0v) is 14.9. The normalized spacial score (nSPS) is 26.3. The minimum Gasteiger partial charge on any atom is -0.373 e. The Morgan fingerprint density at radius 3 is 3.00 bits per heavy atom. The highest BCUT2D eigenvalue weighted by molar-refractivity contribution is 5.22. The van der Waals surface area contributed by atoms with E-state index in [4.69, 9.17) is 4.74 Å². The minimum atomic E-state index is -0.166. The summed E-state index contributed by atoms with van der Waals surface area (Å²) in [6, 6.07) is 8.71. The standard InChI is InChI=1S/C20H25FN4O/c21-18-5-1-4-16(10-18)13-25-9-2-6-20(15-25)11-17(14-26-20)12-24-19-22-7-3-8-23-19/h1,3-5,7-8,10,17H,2,6,9,11-15H2,(H,22,23,24)/t17-,20+/m1/s1. The Morgan fingerprint density at radius 2 is 2.15 bits per heavy atom. The van der Waals surface area contributed by atoms with Crippen LogP contribution in [-0.2, 0) is 11.3 Å². The molecule has 2 aromatic rings.